The molecule has 0 aliphatic heterocycles. The van der Waals surface area contributed by atoms with Crippen molar-refractivity contribution in [1.29, 1.82) is 0 Å². The molecule has 0 bridgehead atoms. The molecule has 10 heteroatoms. The molecule has 0 aliphatic rings. The third-order valence-corrected chi connectivity index (χ3v) is 5.08. The van der Waals surface area contributed by atoms with Crippen molar-refractivity contribution in [3.05, 3.63) is 77.5 Å². The van der Waals surface area contributed by atoms with Crippen LogP contribution in [0.15, 0.2) is 68.8 Å². The van der Waals surface area contributed by atoms with E-state index in [1.807, 2.05) is 30.3 Å². The van der Waals surface area contributed by atoms with Crippen LogP contribution < -0.4 is 0 Å². The van der Waals surface area contributed by atoms with Gasteiger partial charge in [0.1, 0.15) is 0 Å². The first-order chi connectivity index (χ1) is 14.4. The lowest BCUT2D eigenvalue weighted by Crippen LogP contribution is -2.04. The summed E-state index contributed by atoms with van der Waals surface area (Å²) in [6, 6.07) is 14.5. The van der Waals surface area contributed by atoms with Crippen molar-refractivity contribution in [2.45, 2.75) is 30.0 Å². The number of halogens is 3. The first-order valence-electron chi connectivity index (χ1n) is 8.92. The molecule has 154 valence electrons. The summed E-state index contributed by atoms with van der Waals surface area (Å²) < 4.78 is 49.6. The van der Waals surface area contributed by atoms with Gasteiger partial charge >= 0.3 is 6.18 Å². The van der Waals surface area contributed by atoms with Crippen molar-refractivity contribution < 1.29 is 22.1 Å². The first kappa shape index (κ1) is 20.1. The minimum atomic E-state index is -4.44. The normalized spacial score (nSPS) is 12.8. The monoisotopic (exact) mass is 432 g/mol. The Kier molecular flexibility index (Phi) is 5.58. The molecular weight excluding hydrogens is 417 g/mol. The molecule has 2 aromatic carbocycles. The van der Waals surface area contributed by atoms with Gasteiger partial charge in [0.25, 0.3) is 5.22 Å². The molecule has 0 saturated heterocycles. The fraction of sp³-hybridized carbons (Fsp3) is 0.200. The Labute approximate surface area is 173 Å². The molecule has 1 atom stereocenters. The van der Waals surface area contributed by atoms with Crippen LogP contribution >= 0.6 is 11.8 Å². The van der Waals surface area contributed by atoms with E-state index in [2.05, 4.69) is 20.3 Å². The number of rotatable bonds is 6. The van der Waals surface area contributed by atoms with Gasteiger partial charge in [-0.1, -0.05) is 59.4 Å². The van der Waals surface area contributed by atoms with Crippen molar-refractivity contribution in [3.63, 3.8) is 0 Å². The molecule has 30 heavy (non-hydrogen) atoms. The summed E-state index contributed by atoms with van der Waals surface area (Å²) in [7, 11) is 0. The third-order valence-electron chi connectivity index (χ3n) is 4.16. The number of hydrogen-bond donors (Lipinski definition) is 0. The van der Waals surface area contributed by atoms with Gasteiger partial charge in [0.05, 0.1) is 17.2 Å². The summed E-state index contributed by atoms with van der Waals surface area (Å²) >= 11 is 1.23. The minimum absolute atomic E-state index is 0.0823. The molecule has 4 rings (SSSR count). The lowest BCUT2D eigenvalue weighted by Gasteiger charge is -2.06. The zero-order chi connectivity index (χ0) is 21.1. The second kappa shape index (κ2) is 8.31. The van der Waals surface area contributed by atoms with Crippen molar-refractivity contribution in [2.24, 2.45) is 0 Å². The van der Waals surface area contributed by atoms with Gasteiger partial charge in [0.15, 0.2) is 0 Å². The predicted molar refractivity (Wildman–Crippen MR) is 103 cm³/mol. The quantitative estimate of drug-likeness (QED) is 0.368. The molecule has 2 aromatic heterocycles. The number of benzene rings is 2. The van der Waals surface area contributed by atoms with E-state index in [4.69, 9.17) is 8.94 Å². The summed E-state index contributed by atoms with van der Waals surface area (Å²) in [6.45, 7) is 1.80. The van der Waals surface area contributed by atoms with E-state index in [9.17, 15) is 13.2 Å². The van der Waals surface area contributed by atoms with Gasteiger partial charge in [-0.2, -0.15) is 18.2 Å². The molecular formula is C20H15F3N4O2S. The highest BCUT2D eigenvalue weighted by Gasteiger charge is 2.31. The molecule has 0 amide bonds. The van der Waals surface area contributed by atoms with Crippen LogP contribution in [0.4, 0.5) is 13.2 Å². The summed E-state index contributed by atoms with van der Waals surface area (Å²) in [6.07, 6.45) is -3.93. The lowest BCUT2D eigenvalue weighted by atomic mass is 10.1. The highest BCUT2D eigenvalue weighted by molar-refractivity contribution is 7.99. The SMILES string of the molecule is CC(Sc1nnc(Cc2ccccc2)o1)c1nc(-c2cccc(C(F)(F)F)c2)no1. The summed E-state index contributed by atoms with van der Waals surface area (Å²) in [4.78, 5) is 4.22. The topological polar surface area (TPSA) is 77.8 Å². The number of aromatic nitrogens is 4. The van der Waals surface area contributed by atoms with Gasteiger partial charge in [0, 0.05) is 5.56 Å². The van der Waals surface area contributed by atoms with Crippen molar-refractivity contribution >= 4 is 11.8 Å². The van der Waals surface area contributed by atoms with Gasteiger partial charge in [0.2, 0.25) is 17.6 Å². The fourth-order valence-electron chi connectivity index (χ4n) is 2.68. The van der Waals surface area contributed by atoms with E-state index in [0.717, 1.165) is 17.7 Å². The number of alkyl halides is 3. The summed E-state index contributed by atoms with van der Waals surface area (Å²) in [5, 5.41) is 11.9. The molecule has 2 heterocycles. The first-order valence-corrected chi connectivity index (χ1v) is 9.80. The van der Waals surface area contributed by atoms with Gasteiger partial charge in [-0.3, -0.25) is 0 Å². The van der Waals surface area contributed by atoms with Crippen LogP contribution in [0.25, 0.3) is 11.4 Å². The van der Waals surface area contributed by atoms with Crippen molar-refractivity contribution in [2.75, 3.05) is 0 Å². The molecule has 0 aliphatic carbocycles. The molecule has 0 fully saturated rings. The summed E-state index contributed by atoms with van der Waals surface area (Å²) in [5.41, 5.74) is 0.499. The van der Waals surface area contributed by atoms with Gasteiger partial charge < -0.3 is 8.94 Å². The van der Waals surface area contributed by atoms with Crippen molar-refractivity contribution in [3.8, 4) is 11.4 Å². The Morgan fingerprint density at radius 1 is 1.03 bits per heavy atom. The smallest absolute Gasteiger partial charge is 0.416 e. The molecule has 0 radical (unpaired) electrons. The molecule has 4 aromatic rings. The van der Waals surface area contributed by atoms with E-state index in [0.29, 0.717) is 17.5 Å². The molecule has 6 nitrogen and oxygen atoms in total. The average Bonchev–Trinajstić information content (AvgIpc) is 3.38. The number of nitrogens with zero attached hydrogens (tertiary/aromatic N) is 4. The Morgan fingerprint density at radius 3 is 2.60 bits per heavy atom. The Morgan fingerprint density at radius 2 is 1.83 bits per heavy atom. The standard InChI is InChI=1S/C20H15F3N4O2S/c1-12(30-19-26-25-16(28-19)10-13-6-3-2-4-7-13)18-24-17(27-29-18)14-8-5-9-15(11-14)20(21,22)23/h2-9,11-12H,10H2,1H3. The Hall–Kier alpha value is -3.14. The number of hydrogen-bond acceptors (Lipinski definition) is 7. The lowest BCUT2D eigenvalue weighted by molar-refractivity contribution is -0.137. The zero-order valence-corrected chi connectivity index (χ0v) is 16.4. The second-order valence-electron chi connectivity index (χ2n) is 6.42. The van der Waals surface area contributed by atoms with E-state index in [-0.39, 0.29) is 22.5 Å². The van der Waals surface area contributed by atoms with Crippen LogP contribution in [-0.2, 0) is 12.6 Å². The maximum Gasteiger partial charge on any atom is 0.416 e. The average molecular weight is 432 g/mol. The predicted octanol–water partition coefficient (Wildman–Crippen LogP) is 5.58. The zero-order valence-electron chi connectivity index (χ0n) is 15.6. The van der Waals surface area contributed by atoms with Crippen LogP contribution in [0.5, 0.6) is 0 Å². The Bertz CT molecular complexity index is 1130. The van der Waals surface area contributed by atoms with E-state index < -0.39 is 11.7 Å². The molecule has 0 spiro atoms. The highest BCUT2D eigenvalue weighted by atomic mass is 32.2. The van der Waals surface area contributed by atoms with Crippen LogP contribution in [0, 0.1) is 0 Å². The third kappa shape index (κ3) is 4.70. The van der Waals surface area contributed by atoms with E-state index in [1.165, 1.54) is 23.9 Å². The van der Waals surface area contributed by atoms with Crippen LogP contribution in [0.1, 0.15) is 35.1 Å². The van der Waals surface area contributed by atoms with Crippen LogP contribution in [-0.4, -0.2) is 20.3 Å². The Balaban J connectivity index is 1.44. The minimum Gasteiger partial charge on any atom is -0.416 e. The summed E-state index contributed by atoms with van der Waals surface area (Å²) in [5.74, 6) is 0.806. The molecule has 0 N–H and O–H groups in total. The van der Waals surface area contributed by atoms with Gasteiger partial charge in [-0.05, 0) is 24.6 Å². The van der Waals surface area contributed by atoms with Crippen molar-refractivity contribution in [1.82, 2.24) is 20.3 Å². The second-order valence-corrected chi connectivity index (χ2v) is 7.71. The maximum atomic E-state index is 12.9. The van der Waals surface area contributed by atoms with Gasteiger partial charge in [-0.25, -0.2) is 0 Å². The van der Waals surface area contributed by atoms with Crippen LogP contribution in [0.3, 0.4) is 0 Å². The molecule has 1 unspecified atom stereocenters. The largest absolute Gasteiger partial charge is 0.416 e. The number of thioether (sulfide) groups is 1. The van der Waals surface area contributed by atoms with Gasteiger partial charge in [-0.15, -0.1) is 10.2 Å². The molecule has 0 saturated carbocycles. The fourth-order valence-corrected chi connectivity index (χ4v) is 3.41. The highest BCUT2D eigenvalue weighted by Crippen LogP contribution is 2.35. The van der Waals surface area contributed by atoms with E-state index in [1.54, 1.807) is 6.92 Å². The van der Waals surface area contributed by atoms with E-state index >= 15 is 0 Å². The van der Waals surface area contributed by atoms with Crippen LogP contribution in [0.2, 0.25) is 0 Å². The maximum absolute atomic E-state index is 12.9.